The van der Waals surface area contributed by atoms with Crippen molar-refractivity contribution in [3.63, 3.8) is 0 Å². The minimum absolute atomic E-state index is 0.335. The van der Waals surface area contributed by atoms with Gasteiger partial charge < -0.3 is 10.2 Å². The van der Waals surface area contributed by atoms with E-state index in [1.807, 2.05) is 0 Å². The molecule has 0 aliphatic rings. The van der Waals surface area contributed by atoms with Gasteiger partial charge in [0.15, 0.2) is 0 Å². The molecule has 2 nitrogen and oxygen atoms in total. The van der Waals surface area contributed by atoms with E-state index in [0.29, 0.717) is 12.1 Å². The summed E-state index contributed by atoms with van der Waals surface area (Å²) < 4.78 is 0. The maximum atomic E-state index is 3.83. The quantitative estimate of drug-likeness (QED) is 0.715. The monoisotopic (exact) mass is 310 g/mol. The van der Waals surface area contributed by atoms with E-state index in [2.05, 4.69) is 91.7 Å². The summed E-state index contributed by atoms with van der Waals surface area (Å²) in [6, 6.07) is 22.2. The molecule has 0 aliphatic heterocycles. The van der Waals surface area contributed by atoms with Crippen LogP contribution in [0.15, 0.2) is 60.7 Å². The van der Waals surface area contributed by atoms with Crippen LogP contribution in [0.4, 0.5) is 0 Å². The zero-order valence-electron chi connectivity index (χ0n) is 14.7. The highest BCUT2D eigenvalue weighted by Crippen LogP contribution is 2.20. The third-order valence-electron chi connectivity index (χ3n) is 4.38. The molecular formula is C21H30N2. The van der Waals surface area contributed by atoms with E-state index in [-0.39, 0.29) is 0 Å². The maximum Gasteiger partial charge on any atom is 0.0453 e. The molecule has 2 rings (SSSR count). The van der Waals surface area contributed by atoms with Crippen LogP contribution in [0.1, 0.15) is 50.4 Å². The fourth-order valence-corrected chi connectivity index (χ4v) is 3.03. The van der Waals surface area contributed by atoms with Gasteiger partial charge >= 0.3 is 0 Å². The topological polar surface area (TPSA) is 15.3 Å². The Morgan fingerprint density at radius 3 is 1.96 bits per heavy atom. The average molecular weight is 310 g/mol. The van der Waals surface area contributed by atoms with Gasteiger partial charge in [0, 0.05) is 18.6 Å². The average Bonchev–Trinajstić information content (AvgIpc) is 2.62. The van der Waals surface area contributed by atoms with Crippen molar-refractivity contribution in [3.8, 4) is 0 Å². The lowest BCUT2D eigenvalue weighted by atomic mass is 10.0. The van der Waals surface area contributed by atoms with Gasteiger partial charge in [-0.05, 0) is 37.6 Å². The molecule has 0 saturated heterocycles. The van der Waals surface area contributed by atoms with Crippen molar-refractivity contribution in [2.24, 2.45) is 0 Å². The first kappa shape index (κ1) is 17.7. The molecule has 0 spiro atoms. The summed E-state index contributed by atoms with van der Waals surface area (Å²) in [6.45, 7) is 10.0. The van der Waals surface area contributed by atoms with Gasteiger partial charge in [-0.2, -0.15) is 0 Å². The Labute approximate surface area is 141 Å². The molecule has 0 saturated carbocycles. The zero-order valence-corrected chi connectivity index (χ0v) is 14.7. The lowest BCUT2D eigenvalue weighted by Gasteiger charge is -2.30. The predicted molar refractivity (Wildman–Crippen MR) is 99.6 cm³/mol. The lowest BCUT2D eigenvalue weighted by Crippen LogP contribution is -2.36. The van der Waals surface area contributed by atoms with Gasteiger partial charge in [0.25, 0.3) is 0 Å². The molecule has 23 heavy (non-hydrogen) atoms. The number of hydrogen-bond donors (Lipinski definition) is 1. The zero-order chi connectivity index (χ0) is 16.5. The SMILES string of the molecule is CCCN(CC)CC(NC(C)c1ccccc1)c1ccccc1. The molecule has 0 bridgehead atoms. The van der Waals surface area contributed by atoms with Gasteiger partial charge in [0.2, 0.25) is 0 Å². The second-order valence-electron chi connectivity index (χ2n) is 6.16. The van der Waals surface area contributed by atoms with E-state index in [1.54, 1.807) is 0 Å². The van der Waals surface area contributed by atoms with Gasteiger partial charge in [-0.1, -0.05) is 74.5 Å². The van der Waals surface area contributed by atoms with Crippen LogP contribution in [0.5, 0.6) is 0 Å². The highest BCUT2D eigenvalue weighted by Gasteiger charge is 2.17. The first-order valence-corrected chi connectivity index (χ1v) is 8.82. The third-order valence-corrected chi connectivity index (χ3v) is 4.38. The number of likely N-dealkylation sites (N-methyl/N-ethyl adjacent to an activating group) is 1. The minimum Gasteiger partial charge on any atom is -0.302 e. The number of benzene rings is 2. The summed E-state index contributed by atoms with van der Waals surface area (Å²) in [5.74, 6) is 0. The molecule has 2 unspecified atom stereocenters. The van der Waals surface area contributed by atoms with Gasteiger partial charge in [-0.15, -0.1) is 0 Å². The number of nitrogens with zero attached hydrogens (tertiary/aromatic N) is 1. The molecule has 0 heterocycles. The first-order chi connectivity index (χ1) is 11.2. The molecule has 2 heteroatoms. The van der Waals surface area contributed by atoms with Crippen molar-refractivity contribution in [2.75, 3.05) is 19.6 Å². The van der Waals surface area contributed by atoms with E-state index >= 15 is 0 Å². The number of rotatable bonds is 9. The molecule has 0 fully saturated rings. The highest BCUT2D eigenvalue weighted by atomic mass is 15.1. The highest BCUT2D eigenvalue weighted by molar-refractivity contribution is 5.22. The van der Waals surface area contributed by atoms with Gasteiger partial charge in [0.1, 0.15) is 0 Å². The van der Waals surface area contributed by atoms with E-state index in [9.17, 15) is 0 Å². The van der Waals surface area contributed by atoms with Crippen LogP contribution >= 0.6 is 0 Å². The summed E-state index contributed by atoms with van der Waals surface area (Å²) in [4.78, 5) is 2.53. The summed E-state index contributed by atoms with van der Waals surface area (Å²) in [5, 5.41) is 3.83. The fourth-order valence-electron chi connectivity index (χ4n) is 3.03. The molecule has 2 aromatic carbocycles. The van der Waals surface area contributed by atoms with Crippen LogP contribution in [0.3, 0.4) is 0 Å². The summed E-state index contributed by atoms with van der Waals surface area (Å²) in [7, 11) is 0. The summed E-state index contributed by atoms with van der Waals surface area (Å²) >= 11 is 0. The molecule has 0 aromatic heterocycles. The molecule has 124 valence electrons. The molecule has 2 atom stereocenters. The van der Waals surface area contributed by atoms with Crippen molar-refractivity contribution < 1.29 is 0 Å². The van der Waals surface area contributed by atoms with E-state index in [1.165, 1.54) is 17.5 Å². The number of nitrogens with one attached hydrogen (secondary N) is 1. The van der Waals surface area contributed by atoms with E-state index in [4.69, 9.17) is 0 Å². The first-order valence-electron chi connectivity index (χ1n) is 8.82. The van der Waals surface area contributed by atoms with Crippen molar-refractivity contribution in [1.29, 1.82) is 0 Å². The second-order valence-corrected chi connectivity index (χ2v) is 6.16. The van der Waals surface area contributed by atoms with E-state index in [0.717, 1.165) is 19.6 Å². The molecular weight excluding hydrogens is 280 g/mol. The smallest absolute Gasteiger partial charge is 0.0453 e. The van der Waals surface area contributed by atoms with Crippen LogP contribution in [0.2, 0.25) is 0 Å². The van der Waals surface area contributed by atoms with Gasteiger partial charge in [-0.25, -0.2) is 0 Å². The molecule has 0 aliphatic carbocycles. The van der Waals surface area contributed by atoms with Crippen LogP contribution < -0.4 is 5.32 Å². The summed E-state index contributed by atoms with van der Waals surface area (Å²) in [6.07, 6.45) is 1.20. The Bertz CT molecular complexity index is 538. The maximum absolute atomic E-state index is 3.83. The van der Waals surface area contributed by atoms with E-state index < -0.39 is 0 Å². The fraction of sp³-hybridized carbons (Fsp3) is 0.429. The molecule has 0 radical (unpaired) electrons. The van der Waals surface area contributed by atoms with Crippen molar-refractivity contribution in [3.05, 3.63) is 71.8 Å². The van der Waals surface area contributed by atoms with Crippen molar-refractivity contribution in [1.82, 2.24) is 10.2 Å². The molecule has 0 amide bonds. The number of hydrogen-bond acceptors (Lipinski definition) is 2. The van der Waals surface area contributed by atoms with Crippen molar-refractivity contribution in [2.45, 2.75) is 39.3 Å². The third kappa shape index (κ3) is 5.49. The lowest BCUT2D eigenvalue weighted by molar-refractivity contribution is 0.246. The minimum atomic E-state index is 0.335. The normalized spacial score (nSPS) is 13.9. The molecule has 2 aromatic rings. The van der Waals surface area contributed by atoms with Crippen LogP contribution in [0, 0.1) is 0 Å². The standard InChI is InChI=1S/C21H30N2/c1-4-16-23(5-2)17-21(20-14-10-7-11-15-20)22-18(3)19-12-8-6-9-13-19/h6-15,18,21-22H,4-5,16-17H2,1-3H3. The Morgan fingerprint density at radius 2 is 1.43 bits per heavy atom. The van der Waals surface area contributed by atoms with Crippen LogP contribution in [-0.2, 0) is 0 Å². The predicted octanol–water partition coefficient (Wildman–Crippen LogP) is 4.81. The Kier molecular flexibility index (Phi) is 7.31. The van der Waals surface area contributed by atoms with Crippen LogP contribution in [-0.4, -0.2) is 24.5 Å². The van der Waals surface area contributed by atoms with Gasteiger partial charge in [0.05, 0.1) is 0 Å². The Hall–Kier alpha value is -1.64. The Balaban J connectivity index is 2.13. The van der Waals surface area contributed by atoms with Crippen molar-refractivity contribution >= 4 is 0 Å². The largest absolute Gasteiger partial charge is 0.302 e. The summed E-state index contributed by atoms with van der Waals surface area (Å²) in [5.41, 5.74) is 2.71. The van der Waals surface area contributed by atoms with Crippen LogP contribution in [0.25, 0.3) is 0 Å². The van der Waals surface area contributed by atoms with Gasteiger partial charge in [-0.3, -0.25) is 0 Å². The Morgan fingerprint density at radius 1 is 0.870 bits per heavy atom. The second kappa shape index (κ2) is 9.49. The molecule has 1 N–H and O–H groups in total.